The Hall–Kier alpha value is -1.71. The van der Waals surface area contributed by atoms with Gasteiger partial charge in [0.25, 0.3) is 0 Å². The van der Waals surface area contributed by atoms with Gasteiger partial charge in [-0.1, -0.05) is 0 Å². The van der Waals surface area contributed by atoms with Crippen LogP contribution in [0.2, 0.25) is 0 Å². The molecule has 2 aliphatic rings. The van der Waals surface area contributed by atoms with Gasteiger partial charge in [0.05, 0.1) is 7.11 Å². The fourth-order valence-electron chi connectivity index (χ4n) is 3.05. The number of aliphatic carboxylic acids is 1. The lowest BCUT2D eigenvalue weighted by molar-refractivity contribution is -0.138. The van der Waals surface area contributed by atoms with E-state index in [9.17, 15) is 9.90 Å². The molecule has 0 spiro atoms. The van der Waals surface area contributed by atoms with Gasteiger partial charge < -0.3 is 14.7 Å². The predicted octanol–water partition coefficient (Wildman–Crippen LogP) is 1.67. The summed E-state index contributed by atoms with van der Waals surface area (Å²) in [5.41, 5.74) is 2.28. The smallest absolute Gasteiger partial charge is 0.326 e. The van der Waals surface area contributed by atoms with E-state index in [1.54, 1.807) is 7.11 Å². The van der Waals surface area contributed by atoms with Gasteiger partial charge in [-0.2, -0.15) is 0 Å². The van der Waals surface area contributed by atoms with Gasteiger partial charge in [-0.25, -0.2) is 4.79 Å². The third kappa shape index (κ3) is 1.47. The highest BCUT2D eigenvalue weighted by atomic mass is 16.5. The molecule has 1 N–H and O–H groups in total. The number of hydrogen-bond acceptors (Lipinski definition) is 3. The van der Waals surface area contributed by atoms with Crippen LogP contribution in [0, 0.1) is 0 Å². The average Bonchev–Trinajstić information content (AvgIpc) is 2.85. The number of carboxylic acid groups (broad SMARTS) is 1. The molecule has 4 heteroatoms. The van der Waals surface area contributed by atoms with Crippen molar-refractivity contribution in [3.63, 3.8) is 0 Å². The highest BCUT2D eigenvalue weighted by Crippen LogP contribution is 2.42. The predicted molar refractivity (Wildman–Crippen MR) is 63.6 cm³/mol. The third-order valence-electron chi connectivity index (χ3n) is 3.81. The summed E-state index contributed by atoms with van der Waals surface area (Å²) in [6.07, 6.45) is 2.66. The van der Waals surface area contributed by atoms with E-state index in [1.807, 2.05) is 18.2 Å². The van der Waals surface area contributed by atoms with E-state index < -0.39 is 5.97 Å². The summed E-state index contributed by atoms with van der Waals surface area (Å²) < 4.78 is 5.20. The van der Waals surface area contributed by atoms with Gasteiger partial charge >= 0.3 is 5.97 Å². The summed E-state index contributed by atoms with van der Waals surface area (Å²) in [7, 11) is 1.65. The summed E-state index contributed by atoms with van der Waals surface area (Å²) in [5.74, 6) is 0.132. The van der Waals surface area contributed by atoms with Gasteiger partial charge in [0, 0.05) is 11.7 Å². The first-order valence-corrected chi connectivity index (χ1v) is 5.89. The van der Waals surface area contributed by atoms with Gasteiger partial charge in [0.2, 0.25) is 0 Å². The molecule has 4 nitrogen and oxygen atoms in total. The van der Waals surface area contributed by atoms with Crippen molar-refractivity contribution in [2.75, 3.05) is 12.0 Å². The molecule has 0 aliphatic carbocycles. The summed E-state index contributed by atoms with van der Waals surface area (Å²) in [5, 5.41) is 9.22. The molecule has 0 amide bonds. The summed E-state index contributed by atoms with van der Waals surface area (Å²) in [4.78, 5) is 13.3. The number of carboxylic acids is 1. The van der Waals surface area contributed by atoms with E-state index in [0.29, 0.717) is 6.04 Å². The van der Waals surface area contributed by atoms with Crippen LogP contribution in [0.5, 0.6) is 5.75 Å². The Labute approximate surface area is 99.8 Å². The van der Waals surface area contributed by atoms with Gasteiger partial charge in [-0.3, -0.25) is 0 Å². The molecule has 2 atom stereocenters. The van der Waals surface area contributed by atoms with Crippen LogP contribution < -0.4 is 9.64 Å². The molecule has 17 heavy (non-hydrogen) atoms. The van der Waals surface area contributed by atoms with Gasteiger partial charge in [-0.05, 0) is 43.0 Å². The van der Waals surface area contributed by atoms with Crippen molar-refractivity contribution in [1.29, 1.82) is 0 Å². The SMILES string of the molecule is COc1ccc2c(c1)CC1CCC(C(=O)O)N21. The number of carbonyl (C=O) groups is 1. The van der Waals surface area contributed by atoms with Crippen LogP contribution in [0.25, 0.3) is 0 Å². The number of anilines is 1. The highest BCUT2D eigenvalue weighted by Gasteiger charge is 2.42. The molecule has 1 saturated heterocycles. The van der Waals surface area contributed by atoms with Crippen molar-refractivity contribution < 1.29 is 14.6 Å². The Morgan fingerprint density at radius 2 is 2.29 bits per heavy atom. The molecule has 0 radical (unpaired) electrons. The Kier molecular flexibility index (Phi) is 2.24. The maximum absolute atomic E-state index is 11.2. The summed E-state index contributed by atoms with van der Waals surface area (Å²) in [6.45, 7) is 0. The molecule has 3 rings (SSSR count). The lowest BCUT2D eigenvalue weighted by atomic mass is 10.1. The van der Waals surface area contributed by atoms with E-state index in [0.717, 1.165) is 30.7 Å². The first kappa shape index (κ1) is 10.4. The van der Waals surface area contributed by atoms with Crippen LogP contribution in [0.15, 0.2) is 18.2 Å². The Balaban J connectivity index is 1.99. The number of benzene rings is 1. The summed E-state index contributed by atoms with van der Waals surface area (Å²) in [6, 6.07) is 5.91. The van der Waals surface area contributed by atoms with Crippen molar-refractivity contribution in [2.24, 2.45) is 0 Å². The zero-order chi connectivity index (χ0) is 12.0. The Bertz CT molecular complexity index is 472. The second-order valence-electron chi connectivity index (χ2n) is 4.69. The Morgan fingerprint density at radius 1 is 1.47 bits per heavy atom. The average molecular weight is 233 g/mol. The van der Waals surface area contributed by atoms with E-state index in [4.69, 9.17) is 4.74 Å². The van der Waals surface area contributed by atoms with Crippen LogP contribution in [-0.4, -0.2) is 30.3 Å². The minimum Gasteiger partial charge on any atom is -0.497 e. The van der Waals surface area contributed by atoms with Gasteiger partial charge in [0.15, 0.2) is 0 Å². The minimum atomic E-state index is -0.712. The molecule has 0 aromatic heterocycles. The van der Waals surface area contributed by atoms with E-state index >= 15 is 0 Å². The summed E-state index contributed by atoms with van der Waals surface area (Å²) >= 11 is 0. The number of hydrogen-bond donors (Lipinski definition) is 1. The number of rotatable bonds is 2. The number of methoxy groups -OCH3 is 1. The molecule has 1 fully saturated rings. The van der Waals surface area contributed by atoms with Crippen molar-refractivity contribution in [3.05, 3.63) is 23.8 Å². The van der Waals surface area contributed by atoms with Crippen LogP contribution in [0.4, 0.5) is 5.69 Å². The Morgan fingerprint density at radius 3 is 3.00 bits per heavy atom. The maximum Gasteiger partial charge on any atom is 0.326 e. The molecule has 2 aliphatic heterocycles. The fraction of sp³-hybridized carbons (Fsp3) is 0.462. The van der Waals surface area contributed by atoms with Gasteiger partial charge in [-0.15, -0.1) is 0 Å². The van der Waals surface area contributed by atoms with Gasteiger partial charge in [0.1, 0.15) is 11.8 Å². The van der Waals surface area contributed by atoms with E-state index in [-0.39, 0.29) is 6.04 Å². The van der Waals surface area contributed by atoms with Crippen molar-refractivity contribution >= 4 is 11.7 Å². The van der Waals surface area contributed by atoms with Crippen LogP contribution in [0.1, 0.15) is 18.4 Å². The molecule has 1 aromatic rings. The normalized spacial score (nSPS) is 25.6. The quantitative estimate of drug-likeness (QED) is 0.844. The van der Waals surface area contributed by atoms with E-state index in [1.165, 1.54) is 5.56 Å². The first-order chi connectivity index (χ1) is 8.20. The zero-order valence-electron chi connectivity index (χ0n) is 9.72. The lowest BCUT2D eigenvalue weighted by Crippen LogP contribution is -2.38. The molecule has 2 heterocycles. The minimum absolute atomic E-state index is 0.352. The molecule has 90 valence electrons. The third-order valence-corrected chi connectivity index (χ3v) is 3.81. The topological polar surface area (TPSA) is 49.8 Å². The van der Waals surface area contributed by atoms with Crippen molar-refractivity contribution in [3.8, 4) is 5.75 Å². The van der Waals surface area contributed by atoms with Crippen LogP contribution in [-0.2, 0) is 11.2 Å². The maximum atomic E-state index is 11.2. The highest BCUT2D eigenvalue weighted by molar-refractivity contribution is 5.81. The van der Waals surface area contributed by atoms with Crippen molar-refractivity contribution in [1.82, 2.24) is 0 Å². The first-order valence-electron chi connectivity index (χ1n) is 5.89. The molecule has 2 unspecified atom stereocenters. The molecular formula is C13H15NO3. The molecule has 1 aromatic carbocycles. The number of ether oxygens (including phenoxy) is 1. The second-order valence-corrected chi connectivity index (χ2v) is 4.69. The largest absolute Gasteiger partial charge is 0.497 e. The van der Waals surface area contributed by atoms with Crippen LogP contribution >= 0.6 is 0 Å². The standard InChI is InChI=1S/C13H15NO3/c1-17-10-3-5-11-8(7-10)6-9-2-4-12(13(15)16)14(9)11/h3,5,7,9,12H,2,4,6H2,1H3,(H,15,16). The van der Waals surface area contributed by atoms with E-state index in [2.05, 4.69) is 4.90 Å². The zero-order valence-corrected chi connectivity index (χ0v) is 9.72. The van der Waals surface area contributed by atoms with Crippen molar-refractivity contribution in [2.45, 2.75) is 31.3 Å². The molecular weight excluding hydrogens is 218 g/mol. The number of nitrogens with zero attached hydrogens (tertiary/aromatic N) is 1. The second kappa shape index (κ2) is 3.65. The lowest BCUT2D eigenvalue weighted by Gasteiger charge is -2.24. The fourth-order valence-corrected chi connectivity index (χ4v) is 3.05. The van der Waals surface area contributed by atoms with Crippen LogP contribution in [0.3, 0.4) is 0 Å². The molecule has 0 saturated carbocycles. The number of fused-ring (bicyclic) bond motifs is 3. The monoisotopic (exact) mass is 233 g/mol. The molecule has 0 bridgehead atoms.